The molecular formula is C8H8NO3. The first kappa shape index (κ1) is 8.39. The van der Waals surface area contributed by atoms with Crippen molar-refractivity contribution in [2.75, 3.05) is 7.11 Å². The van der Waals surface area contributed by atoms with Crippen LogP contribution in [0.3, 0.4) is 0 Å². The summed E-state index contributed by atoms with van der Waals surface area (Å²) in [5, 5.41) is 0. The summed E-state index contributed by atoms with van der Waals surface area (Å²) < 4.78 is 9.51. The average molecular weight is 166 g/mol. The lowest BCUT2D eigenvalue weighted by molar-refractivity contribution is 0.208. The van der Waals surface area contributed by atoms with Crippen molar-refractivity contribution in [1.29, 1.82) is 0 Å². The van der Waals surface area contributed by atoms with Crippen molar-refractivity contribution in [3.63, 3.8) is 0 Å². The number of carbonyl (C=O) groups is 1. The van der Waals surface area contributed by atoms with Gasteiger partial charge in [0, 0.05) is 0 Å². The molecule has 0 atom stereocenters. The maximum absolute atomic E-state index is 10.4. The van der Waals surface area contributed by atoms with E-state index in [9.17, 15) is 4.79 Å². The minimum absolute atomic E-state index is 0.295. The van der Waals surface area contributed by atoms with Crippen LogP contribution in [0.25, 0.3) is 0 Å². The van der Waals surface area contributed by atoms with Gasteiger partial charge in [0.2, 0.25) is 0 Å². The minimum atomic E-state index is -0.862. The average Bonchev–Trinajstić information content (AvgIpc) is 2.04. The second-order valence-electron chi connectivity index (χ2n) is 2.00. The first-order valence-corrected chi connectivity index (χ1v) is 3.25. The van der Waals surface area contributed by atoms with Gasteiger partial charge in [-0.3, -0.25) is 0 Å². The zero-order valence-corrected chi connectivity index (χ0v) is 6.53. The minimum Gasteiger partial charge on any atom is -0.493 e. The van der Waals surface area contributed by atoms with E-state index in [0.717, 1.165) is 0 Å². The Bertz CT molecular complexity index is 285. The largest absolute Gasteiger partial charge is 0.493 e. The molecule has 0 aliphatic carbocycles. The molecule has 0 fully saturated rings. The summed E-state index contributed by atoms with van der Waals surface area (Å²) in [6.07, 6.45) is -0.862. The van der Waals surface area contributed by atoms with E-state index in [1.165, 1.54) is 7.11 Å². The molecule has 1 aromatic carbocycles. The molecule has 0 saturated heterocycles. The van der Waals surface area contributed by atoms with E-state index >= 15 is 0 Å². The molecule has 0 bridgehead atoms. The van der Waals surface area contributed by atoms with E-state index in [2.05, 4.69) is 10.8 Å². The van der Waals surface area contributed by atoms with Crippen molar-refractivity contribution in [2.45, 2.75) is 0 Å². The van der Waals surface area contributed by atoms with Gasteiger partial charge in [-0.05, 0) is 18.2 Å². The van der Waals surface area contributed by atoms with Crippen LogP contribution in [0.15, 0.2) is 18.2 Å². The van der Waals surface area contributed by atoms with Gasteiger partial charge < -0.3 is 15.2 Å². The van der Waals surface area contributed by atoms with Crippen LogP contribution in [0.1, 0.15) is 0 Å². The maximum atomic E-state index is 10.4. The number of carbonyl (C=O) groups excluding carboxylic acids is 1. The topological polar surface area (TPSA) is 61.6 Å². The molecule has 0 aromatic heterocycles. The SMILES string of the molecule is COc1c[c]ccc1OC(N)=O. The highest BCUT2D eigenvalue weighted by Gasteiger charge is 2.04. The van der Waals surface area contributed by atoms with Crippen LogP contribution in [0.4, 0.5) is 4.79 Å². The van der Waals surface area contributed by atoms with Crippen LogP contribution in [0.5, 0.6) is 11.5 Å². The van der Waals surface area contributed by atoms with Crippen LogP contribution in [-0.4, -0.2) is 13.2 Å². The molecule has 4 nitrogen and oxygen atoms in total. The first-order valence-electron chi connectivity index (χ1n) is 3.25. The molecule has 1 aromatic rings. The Morgan fingerprint density at radius 3 is 2.92 bits per heavy atom. The summed E-state index contributed by atoms with van der Waals surface area (Å²) >= 11 is 0. The molecule has 63 valence electrons. The van der Waals surface area contributed by atoms with E-state index in [0.29, 0.717) is 11.5 Å². The normalized spacial score (nSPS) is 9.08. The predicted octanol–water partition coefficient (Wildman–Crippen LogP) is 0.953. The van der Waals surface area contributed by atoms with Crippen molar-refractivity contribution < 1.29 is 14.3 Å². The predicted molar refractivity (Wildman–Crippen MR) is 42.0 cm³/mol. The van der Waals surface area contributed by atoms with Gasteiger partial charge in [0.25, 0.3) is 0 Å². The van der Waals surface area contributed by atoms with Gasteiger partial charge >= 0.3 is 6.09 Å². The fourth-order valence-electron chi connectivity index (χ4n) is 0.753. The highest BCUT2D eigenvalue weighted by Crippen LogP contribution is 2.25. The standard InChI is InChI=1S/C8H8NO3/c1-11-6-4-2-3-5-7(6)12-8(9)10/h3-5H,1H3,(H2,9,10). The Morgan fingerprint density at radius 1 is 1.58 bits per heavy atom. The molecule has 2 N–H and O–H groups in total. The third kappa shape index (κ3) is 1.88. The van der Waals surface area contributed by atoms with Crippen molar-refractivity contribution in [3.8, 4) is 11.5 Å². The summed E-state index contributed by atoms with van der Waals surface area (Å²) in [4.78, 5) is 10.4. The van der Waals surface area contributed by atoms with Crippen LogP contribution >= 0.6 is 0 Å². The second-order valence-corrected chi connectivity index (χ2v) is 2.00. The summed E-state index contributed by atoms with van der Waals surface area (Å²) in [6, 6.07) is 7.47. The zero-order chi connectivity index (χ0) is 8.97. The molecule has 0 unspecified atom stereocenters. The monoisotopic (exact) mass is 166 g/mol. The lowest BCUT2D eigenvalue weighted by atomic mass is 10.3. The molecule has 1 amide bonds. The van der Waals surface area contributed by atoms with Gasteiger partial charge in [-0.25, -0.2) is 4.79 Å². The smallest absolute Gasteiger partial charge is 0.410 e. The quantitative estimate of drug-likeness (QED) is 0.711. The van der Waals surface area contributed by atoms with Crippen LogP contribution in [0, 0.1) is 6.07 Å². The molecule has 1 radical (unpaired) electrons. The molecule has 0 spiro atoms. The van der Waals surface area contributed by atoms with E-state index in [1.54, 1.807) is 18.2 Å². The fourth-order valence-corrected chi connectivity index (χ4v) is 0.753. The van der Waals surface area contributed by atoms with Gasteiger partial charge in [0.05, 0.1) is 7.11 Å². The molecule has 1 rings (SSSR count). The molecule has 0 aliphatic heterocycles. The maximum Gasteiger partial charge on any atom is 0.410 e. The van der Waals surface area contributed by atoms with Crippen molar-refractivity contribution in [2.24, 2.45) is 5.73 Å². The Hall–Kier alpha value is -1.71. The molecule has 0 aliphatic rings. The number of hydrogen-bond donors (Lipinski definition) is 1. The lowest BCUT2D eigenvalue weighted by Crippen LogP contribution is -2.16. The number of amides is 1. The fraction of sp³-hybridized carbons (Fsp3) is 0.125. The number of benzene rings is 1. The summed E-state index contributed by atoms with van der Waals surface area (Å²) in [6.45, 7) is 0. The van der Waals surface area contributed by atoms with Gasteiger partial charge in [-0.1, -0.05) is 6.07 Å². The molecule has 12 heavy (non-hydrogen) atoms. The Kier molecular flexibility index (Phi) is 2.53. The highest BCUT2D eigenvalue weighted by atomic mass is 16.6. The van der Waals surface area contributed by atoms with Crippen molar-refractivity contribution >= 4 is 6.09 Å². The Morgan fingerprint density at radius 2 is 2.33 bits per heavy atom. The summed E-state index contributed by atoms with van der Waals surface area (Å²) in [5.74, 6) is 0.722. The molecule has 0 saturated carbocycles. The number of methoxy groups -OCH3 is 1. The summed E-state index contributed by atoms with van der Waals surface area (Å²) in [7, 11) is 1.47. The third-order valence-corrected chi connectivity index (χ3v) is 1.22. The number of ether oxygens (including phenoxy) is 2. The number of primary amides is 1. The van der Waals surface area contributed by atoms with Crippen molar-refractivity contribution in [1.82, 2.24) is 0 Å². The molecule has 4 heteroatoms. The third-order valence-electron chi connectivity index (χ3n) is 1.22. The van der Waals surface area contributed by atoms with Crippen LogP contribution in [-0.2, 0) is 0 Å². The number of nitrogens with two attached hydrogens (primary N) is 1. The highest BCUT2D eigenvalue weighted by molar-refractivity contribution is 5.69. The van der Waals surface area contributed by atoms with Crippen molar-refractivity contribution in [3.05, 3.63) is 24.3 Å². The number of hydrogen-bond acceptors (Lipinski definition) is 3. The van der Waals surface area contributed by atoms with Crippen LogP contribution < -0.4 is 15.2 Å². The van der Waals surface area contributed by atoms with E-state index < -0.39 is 6.09 Å². The Balaban J connectivity index is 2.89. The van der Waals surface area contributed by atoms with E-state index in [-0.39, 0.29) is 0 Å². The van der Waals surface area contributed by atoms with Gasteiger partial charge in [-0.2, -0.15) is 0 Å². The first-order chi connectivity index (χ1) is 5.74. The van der Waals surface area contributed by atoms with E-state index in [1.807, 2.05) is 0 Å². The second kappa shape index (κ2) is 3.61. The molecule has 0 heterocycles. The molecular weight excluding hydrogens is 158 g/mol. The lowest BCUT2D eigenvalue weighted by Gasteiger charge is -2.05. The van der Waals surface area contributed by atoms with Gasteiger partial charge in [-0.15, -0.1) is 0 Å². The van der Waals surface area contributed by atoms with Gasteiger partial charge in [0.1, 0.15) is 0 Å². The number of rotatable bonds is 2. The summed E-state index contributed by atoms with van der Waals surface area (Å²) in [5.41, 5.74) is 4.82. The van der Waals surface area contributed by atoms with Gasteiger partial charge in [0.15, 0.2) is 11.5 Å². The van der Waals surface area contributed by atoms with Crippen LogP contribution in [0.2, 0.25) is 0 Å². The van der Waals surface area contributed by atoms with E-state index in [4.69, 9.17) is 10.5 Å². The zero-order valence-electron chi connectivity index (χ0n) is 6.53. The Labute approximate surface area is 69.9 Å².